The molecule has 4 aliphatic heterocycles. The van der Waals surface area contributed by atoms with Crippen LogP contribution in [0.15, 0.2) is 101 Å². The Morgan fingerprint density at radius 3 is 1.80 bits per heavy atom. The van der Waals surface area contributed by atoms with E-state index in [-0.39, 0.29) is 48.8 Å². The minimum Gasteiger partial charge on any atom is -0.494 e. The van der Waals surface area contributed by atoms with Crippen LogP contribution in [0, 0.1) is 0 Å². The summed E-state index contributed by atoms with van der Waals surface area (Å²) in [5.74, 6) is 3.57. The van der Waals surface area contributed by atoms with Crippen LogP contribution in [-0.4, -0.2) is 92.9 Å². The fourth-order valence-corrected chi connectivity index (χ4v) is 11.6. The molecule has 9 rings (SSSR count). The molecule has 17 heteroatoms. The summed E-state index contributed by atoms with van der Waals surface area (Å²) in [5, 5.41) is 3.00. The van der Waals surface area contributed by atoms with Crippen molar-refractivity contribution in [1.82, 2.24) is 5.32 Å². The summed E-state index contributed by atoms with van der Waals surface area (Å²) < 4.78 is 30.8. The number of hydrogen-bond donors (Lipinski definition) is 2. The molecular weight excluding hydrogens is 977 g/mol. The number of nitrogens with zero attached hydrogens (tertiary/aromatic N) is 4. The van der Waals surface area contributed by atoms with Gasteiger partial charge in [0.05, 0.1) is 61.5 Å². The summed E-state index contributed by atoms with van der Waals surface area (Å²) >= 11 is 0. The van der Waals surface area contributed by atoms with E-state index in [9.17, 15) is 19.2 Å². The molecule has 386 valence electrons. The van der Waals surface area contributed by atoms with Crippen molar-refractivity contribution in [2.75, 3.05) is 48.7 Å². The molecule has 3 atom stereocenters. The molecule has 5 aromatic rings. The Balaban J connectivity index is 0.848. The van der Waals surface area contributed by atoms with Crippen molar-refractivity contribution >= 4 is 80.3 Å². The number of hydrogen-bond acceptors (Lipinski definition) is 14. The van der Waals surface area contributed by atoms with Crippen molar-refractivity contribution in [3.05, 3.63) is 124 Å². The molecule has 0 aliphatic carbocycles. The van der Waals surface area contributed by atoms with Crippen molar-refractivity contribution in [3.63, 3.8) is 0 Å². The maximum atomic E-state index is 14.1. The summed E-state index contributed by atoms with van der Waals surface area (Å²) in [6.45, 7) is 3.22. The highest BCUT2D eigenvalue weighted by Gasteiger charge is 2.38. The second-order valence-corrected chi connectivity index (χ2v) is 21.3. The maximum Gasteiger partial charge on any atom is 0.261 e. The van der Waals surface area contributed by atoms with Crippen LogP contribution in [0.5, 0.6) is 28.7 Å². The lowest BCUT2D eigenvalue weighted by atomic mass is 10.1. The van der Waals surface area contributed by atoms with Crippen LogP contribution in [0.2, 0.25) is 0 Å². The first-order valence-corrected chi connectivity index (χ1v) is 27.8. The van der Waals surface area contributed by atoms with Gasteiger partial charge in [0, 0.05) is 79.7 Å². The van der Waals surface area contributed by atoms with Crippen LogP contribution in [-0.2, 0) is 35.6 Å². The zero-order valence-corrected chi connectivity index (χ0v) is 43.6. The number of carbonyl (C=O) groups excluding carboxylic acids is 4. The third-order valence-corrected chi connectivity index (χ3v) is 15.9. The summed E-state index contributed by atoms with van der Waals surface area (Å²) in [6, 6.07) is 27.7. The fourth-order valence-electron chi connectivity index (χ4n) is 9.57. The number of aliphatic imine (C=N–C) groups is 2. The Morgan fingerprint density at radius 1 is 0.689 bits per heavy atom. The molecule has 3 unspecified atom stereocenters. The van der Waals surface area contributed by atoms with Gasteiger partial charge in [-0.2, -0.15) is 0 Å². The van der Waals surface area contributed by atoms with E-state index in [1.165, 1.54) is 0 Å². The summed E-state index contributed by atoms with van der Waals surface area (Å²) in [5.41, 5.74) is 13.4. The lowest BCUT2D eigenvalue weighted by Crippen LogP contribution is -2.37. The SMILES string of the molecule is CCCCC(=O)C(N)CCSSCCNC(=O)CCCCOc1cc(COc2cc3c(cc2OC)C(=O)N2c4ccccc4CC2C=N3)cc(COc2cc3c(cc2OC)C(=O)N2c4ccccc4CC2C=N3)c1. The number of fused-ring (bicyclic) bond motifs is 8. The molecule has 0 saturated heterocycles. The van der Waals surface area contributed by atoms with Crippen LogP contribution in [0.3, 0.4) is 0 Å². The lowest BCUT2D eigenvalue weighted by Gasteiger charge is -2.22. The normalized spacial score (nSPS) is 16.2. The summed E-state index contributed by atoms with van der Waals surface area (Å²) in [7, 11) is 6.42. The second kappa shape index (κ2) is 24.5. The van der Waals surface area contributed by atoms with E-state index in [1.54, 1.807) is 69.9 Å². The average Bonchev–Trinajstić information content (AvgIpc) is 3.91. The number of para-hydroxylation sites is 2. The monoisotopic (exact) mass is 1040 g/mol. The highest BCUT2D eigenvalue weighted by molar-refractivity contribution is 8.76. The summed E-state index contributed by atoms with van der Waals surface area (Å²) in [6.07, 6.45) is 9.74. The highest BCUT2D eigenvalue weighted by atomic mass is 33.1. The molecule has 0 saturated carbocycles. The Kier molecular flexibility index (Phi) is 17.2. The molecule has 0 bridgehead atoms. The number of ketones is 1. The minimum atomic E-state index is -0.402. The standard InChI is InChI=1S/C57H62N6O9S2/c1-4-5-16-50(64)45(58)18-21-73-74-22-19-59-55(65)17-10-11-20-70-42-24-36(34-71-53-30-46-43(28-51(53)68-2)56(66)62-40(32-60-46)26-38-12-6-8-14-48(38)62)23-37(25-42)35-72-54-31-47-44(29-52(54)69-3)57(67)63-41(33-61-47)27-39-13-7-9-15-49(39)63/h6-9,12-15,23-25,28-33,40-41,45H,4-5,10-11,16-22,26-27,34-35,58H2,1-3H3,(H,59,65). The van der Waals surface area contributed by atoms with Gasteiger partial charge in [-0.3, -0.25) is 39.0 Å². The van der Waals surface area contributed by atoms with Crippen molar-refractivity contribution in [2.45, 2.75) is 96.1 Å². The van der Waals surface area contributed by atoms with E-state index < -0.39 is 6.04 Å². The van der Waals surface area contributed by atoms with Gasteiger partial charge in [-0.25, -0.2) is 0 Å². The van der Waals surface area contributed by atoms with Gasteiger partial charge < -0.3 is 34.7 Å². The Morgan fingerprint density at radius 2 is 1.24 bits per heavy atom. The lowest BCUT2D eigenvalue weighted by molar-refractivity contribution is -0.121. The number of rotatable bonds is 25. The van der Waals surface area contributed by atoms with Gasteiger partial charge in [0.1, 0.15) is 24.7 Å². The molecular formula is C57H62N6O9S2. The Hall–Kier alpha value is -6.82. The Bertz CT molecular complexity index is 2790. The van der Waals surface area contributed by atoms with E-state index in [4.69, 9.17) is 39.4 Å². The molecule has 0 spiro atoms. The predicted molar refractivity (Wildman–Crippen MR) is 293 cm³/mol. The molecule has 3 N–H and O–H groups in total. The van der Waals surface area contributed by atoms with Crippen molar-refractivity contribution in [3.8, 4) is 28.7 Å². The summed E-state index contributed by atoms with van der Waals surface area (Å²) in [4.78, 5) is 66.0. The third kappa shape index (κ3) is 12.1. The number of nitrogens with two attached hydrogens (primary N) is 1. The van der Waals surface area contributed by atoms with Crippen molar-refractivity contribution in [1.29, 1.82) is 0 Å². The van der Waals surface area contributed by atoms with Crippen molar-refractivity contribution < 1.29 is 42.9 Å². The van der Waals surface area contributed by atoms with E-state index in [0.29, 0.717) is 109 Å². The number of Topliss-reactive ketones (excluding diaryl/α,β-unsaturated/α-hetero) is 1. The smallest absolute Gasteiger partial charge is 0.261 e. The van der Waals surface area contributed by atoms with Gasteiger partial charge in [0.25, 0.3) is 11.8 Å². The molecule has 0 aromatic heterocycles. The molecule has 3 amide bonds. The van der Waals surface area contributed by atoms with Gasteiger partial charge in [-0.05, 0) is 90.4 Å². The number of ether oxygens (including phenoxy) is 5. The van der Waals surface area contributed by atoms with Crippen LogP contribution < -0.4 is 44.5 Å². The maximum absolute atomic E-state index is 14.1. The largest absolute Gasteiger partial charge is 0.494 e. The fraction of sp³-hybridized carbons (Fsp3) is 0.368. The van der Waals surface area contributed by atoms with E-state index in [1.807, 2.05) is 79.2 Å². The number of benzene rings is 5. The minimum absolute atomic E-state index is 0.0133. The van der Waals surface area contributed by atoms with Crippen molar-refractivity contribution in [2.24, 2.45) is 15.7 Å². The molecule has 5 aromatic carbocycles. The van der Waals surface area contributed by atoms with Gasteiger partial charge in [0.15, 0.2) is 23.0 Å². The number of unbranched alkanes of at least 4 members (excludes halogenated alkanes) is 2. The predicted octanol–water partition coefficient (Wildman–Crippen LogP) is 9.96. The number of nitrogens with one attached hydrogen (secondary N) is 1. The third-order valence-electron chi connectivity index (χ3n) is 13.4. The molecule has 15 nitrogen and oxygen atoms in total. The topological polar surface area (TPSA) is 184 Å². The quantitative estimate of drug-likeness (QED) is 0.0417. The molecule has 4 heterocycles. The van der Waals surface area contributed by atoms with Gasteiger partial charge >= 0.3 is 0 Å². The van der Waals surface area contributed by atoms with Crippen LogP contribution in [0.25, 0.3) is 0 Å². The molecule has 0 fully saturated rings. The average molecular weight is 1040 g/mol. The zero-order chi connectivity index (χ0) is 51.6. The first kappa shape index (κ1) is 52.1. The van der Waals surface area contributed by atoms with E-state index in [2.05, 4.69) is 12.2 Å². The van der Waals surface area contributed by atoms with E-state index >= 15 is 0 Å². The number of carbonyl (C=O) groups is 4. The highest BCUT2D eigenvalue weighted by Crippen LogP contribution is 2.43. The van der Waals surface area contributed by atoms with Gasteiger partial charge in [-0.15, -0.1) is 0 Å². The second-order valence-electron chi connectivity index (χ2n) is 18.6. The van der Waals surface area contributed by atoms with Crippen LogP contribution in [0.4, 0.5) is 22.7 Å². The number of methoxy groups -OCH3 is 2. The number of anilines is 2. The molecule has 74 heavy (non-hydrogen) atoms. The Labute approximate surface area is 440 Å². The number of amides is 3. The van der Waals surface area contributed by atoms with Gasteiger partial charge in [0.2, 0.25) is 5.91 Å². The van der Waals surface area contributed by atoms with Crippen LogP contribution in [0.1, 0.15) is 94.8 Å². The van der Waals surface area contributed by atoms with E-state index in [0.717, 1.165) is 58.0 Å². The first-order chi connectivity index (χ1) is 36.1. The molecule has 4 aliphatic rings. The molecule has 0 radical (unpaired) electrons. The first-order valence-electron chi connectivity index (χ1n) is 25.3. The zero-order valence-electron chi connectivity index (χ0n) is 42.0. The van der Waals surface area contributed by atoms with Crippen LogP contribution >= 0.6 is 21.6 Å². The van der Waals surface area contributed by atoms with Gasteiger partial charge in [-0.1, -0.05) is 71.3 Å².